The summed E-state index contributed by atoms with van der Waals surface area (Å²) < 4.78 is 0. The van der Waals surface area contributed by atoms with E-state index in [1.54, 1.807) is 0 Å². The van der Waals surface area contributed by atoms with Gasteiger partial charge in [0.05, 0.1) is 0 Å². The van der Waals surface area contributed by atoms with Gasteiger partial charge in [-0.2, -0.15) is 0 Å². The zero-order valence-corrected chi connectivity index (χ0v) is 12.0. The van der Waals surface area contributed by atoms with Gasteiger partial charge in [0.2, 0.25) is 0 Å². The monoisotopic (exact) mass is 238 g/mol. The third-order valence-corrected chi connectivity index (χ3v) is 4.17. The van der Waals surface area contributed by atoms with E-state index in [4.69, 9.17) is 0 Å². The third kappa shape index (κ3) is 4.59. The molecule has 0 aromatic rings. The van der Waals surface area contributed by atoms with Gasteiger partial charge >= 0.3 is 0 Å². The molecule has 0 aromatic carbocycles. The summed E-state index contributed by atoms with van der Waals surface area (Å²) in [6.45, 7) is 12.3. The Hall–Kier alpha value is -0.0800. The van der Waals surface area contributed by atoms with Crippen LogP contribution in [0.4, 0.5) is 0 Å². The van der Waals surface area contributed by atoms with Gasteiger partial charge < -0.3 is 10.2 Å². The molecule has 1 heterocycles. The van der Waals surface area contributed by atoms with Crippen LogP contribution in [-0.2, 0) is 0 Å². The van der Waals surface area contributed by atoms with Crippen LogP contribution in [0, 0.1) is 11.3 Å². The summed E-state index contributed by atoms with van der Waals surface area (Å²) in [5, 5.41) is 3.68. The van der Waals surface area contributed by atoms with Crippen LogP contribution in [0.1, 0.15) is 52.9 Å². The first kappa shape index (κ1) is 13.4. The predicted molar refractivity (Wildman–Crippen MR) is 74.3 cm³/mol. The molecule has 0 radical (unpaired) electrons. The Morgan fingerprint density at radius 1 is 1.24 bits per heavy atom. The fraction of sp³-hybridized carbons (Fsp3) is 1.00. The summed E-state index contributed by atoms with van der Waals surface area (Å²) in [5.74, 6) is 0.979. The van der Waals surface area contributed by atoms with E-state index in [2.05, 4.69) is 31.0 Å². The highest BCUT2D eigenvalue weighted by Gasteiger charge is 2.29. The summed E-state index contributed by atoms with van der Waals surface area (Å²) in [6.07, 6.45) is 7.01. The van der Waals surface area contributed by atoms with E-state index in [1.807, 2.05) is 0 Å². The van der Waals surface area contributed by atoms with Gasteiger partial charge in [0.1, 0.15) is 0 Å². The largest absolute Gasteiger partial charge is 0.313 e. The number of nitrogens with zero attached hydrogens (tertiary/aromatic N) is 1. The van der Waals surface area contributed by atoms with Gasteiger partial charge in [-0.15, -0.1) is 0 Å². The first-order valence-corrected chi connectivity index (χ1v) is 7.55. The topological polar surface area (TPSA) is 15.3 Å². The van der Waals surface area contributed by atoms with E-state index < -0.39 is 0 Å². The van der Waals surface area contributed by atoms with Gasteiger partial charge in [0.25, 0.3) is 0 Å². The summed E-state index contributed by atoms with van der Waals surface area (Å²) in [7, 11) is 0. The Balaban J connectivity index is 1.68. The molecule has 1 aliphatic carbocycles. The molecule has 1 saturated carbocycles. The van der Waals surface area contributed by atoms with Gasteiger partial charge in [-0.3, -0.25) is 0 Å². The number of hydrogen-bond donors (Lipinski definition) is 1. The molecule has 1 unspecified atom stereocenters. The highest BCUT2D eigenvalue weighted by molar-refractivity contribution is 4.86. The maximum atomic E-state index is 3.68. The first-order valence-electron chi connectivity index (χ1n) is 7.55. The lowest BCUT2D eigenvalue weighted by Crippen LogP contribution is -2.40. The molecule has 17 heavy (non-hydrogen) atoms. The molecule has 0 spiro atoms. The average molecular weight is 238 g/mol. The number of likely N-dealkylation sites (tertiary alicyclic amines) is 1. The highest BCUT2D eigenvalue weighted by atomic mass is 15.2. The van der Waals surface area contributed by atoms with Crippen LogP contribution in [0.15, 0.2) is 0 Å². The molecule has 0 aromatic heterocycles. The molecule has 1 saturated heterocycles. The van der Waals surface area contributed by atoms with Gasteiger partial charge in [-0.25, -0.2) is 0 Å². The molecular formula is C15H30N2. The van der Waals surface area contributed by atoms with Crippen molar-refractivity contribution in [2.75, 3.05) is 26.2 Å². The molecule has 1 N–H and O–H groups in total. The van der Waals surface area contributed by atoms with E-state index >= 15 is 0 Å². The van der Waals surface area contributed by atoms with E-state index in [9.17, 15) is 0 Å². The van der Waals surface area contributed by atoms with E-state index in [1.165, 1.54) is 58.3 Å². The third-order valence-electron chi connectivity index (χ3n) is 4.17. The fourth-order valence-corrected chi connectivity index (χ4v) is 3.07. The molecule has 1 atom stereocenters. The molecular weight excluding hydrogens is 208 g/mol. The molecule has 2 aliphatic rings. The van der Waals surface area contributed by atoms with Gasteiger partial charge in [-0.1, -0.05) is 27.2 Å². The Morgan fingerprint density at radius 2 is 2.00 bits per heavy atom. The second kappa shape index (κ2) is 5.71. The molecule has 2 rings (SSSR count). The smallest absolute Gasteiger partial charge is 0.00684 e. The van der Waals surface area contributed by atoms with Crippen LogP contribution in [-0.4, -0.2) is 37.1 Å². The van der Waals surface area contributed by atoms with E-state index in [0.717, 1.165) is 12.0 Å². The quantitative estimate of drug-likeness (QED) is 0.733. The van der Waals surface area contributed by atoms with Crippen LogP contribution < -0.4 is 5.32 Å². The fourth-order valence-electron chi connectivity index (χ4n) is 3.07. The highest BCUT2D eigenvalue weighted by Crippen LogP contribution is 2.26. The molecule has 100 valence electrons. The Bertz CT molecular complexity index is 233. The SMILES string of the molecule is CCCC1CCN(CC(C)(C)CNC2CC2)C1. The lowest BCUT2D eigenvalue weighted by molar-refractivity contribution is 0.197. The first-order chi connectivity index (χ1) is 8.09. The number of rotatable bonds is 7. The molecule has 0 amide bonds. The van der Waals surface area contributed by atoms with Crippen molar-refractivity contribution < 1.29 is 0 Å². The molecule has 2 fully saturated rings. The summed E-state index contributed by atoms with van der Waals surface area (Å²) in [6, 6.07) is 0.848. The van der Waals surface area contributed by atoms with Crippen LogP contribution in [0.2, 0.25) is 0 Å². The zero-order chi connectivity index (χ0) is 12.3. The maximum absolute atomic E-state index is 3.68. The van der Waals surface area contributed by atoms with Gasteiger partial charge in [0, 0.05) is 25.7 Å². The van der Waals surface area contributed by atoms with Crippen molar-refractivity contribution in [2.45, 2.75) is 58.9 Å². The maximum Gasteiger partial charge on any atom is 0.00684 e. The van der Waals surface area contributed by atoms with E-state index in [-0.39, 0.29) is 0 Å². The number of nitrogens with one attached hydrogen (secondary N) is 1. The standard InChI is InChI=1S/C15H30N2/c1-4-5-13-8-9-17(10-13)12-15(2,3)11-16-14-6-7-14/h13-14,16H,4-12H2,1-3H3. The zero-order valence-electron chi connectivity index (χ0n) is 12.0. The molecule has 1 aliphatic heterocycles. The lowest BCUT2D eigenvalue weighted by Gasteiger charge is -2.30. The van der Waals surface area contributed by atoms with Crippen LogP contribution in [0.5, 0.6) is 0 Å². The molecule has 2 nitrogen and oxygen atoms in total. The van der Waals surface area contributed by atoms with Crippen molar-refractivity contribution in [1.82, 2.24) is 10.2 Å². The Morgan fingerprint density at radius 3 is 2.65 bits per heavy atom. The Kier molecular flexibility index (Phi) is 4.48. The van der Waals surface area contributed by atoms with Crippen molar-refractivity contribution in [1.29, 1.82) is 0 Å². The minimum atomic E-state index is 0.434. The minimum absolute atomic E-state index is 0.434. The summed E-state index contributed by atoms with van der Waals surface area (Å²) in [5.41, 5.74) is 0.434. The van der Waals surface area contributed by atoms with Crippen molar-refractivity contribution in [3.8, 4) is 0 Å². The van der Waals surface area contributed by atoms with Gasteiger partial charge in [0.15, 0.2) is 0 Å². The van der Waals surface area contributed by atoms with Crippen molar-refractivity contribution in [3.05, 3.63) is 0 Å². The van der Waals surface area contributed by atoms with Crippen molar-refractivity contribution in [3.63, 3.8) is 0 Å². The van der Waals surface area contributed by atoms with E-state index in [0.29, 0.717) is 5.41 Å². The predicted octanol–water partition coefficient (Wildman–Crippen LogP) is 2.89. The minimum Gasteiger partial charge on any atom is -0.313 e. The molecule has 2 heteroatoms. The van der Waals surface area contributed by atoms with Crippen molar-refractivity contribution >= 4 is 0 Å². The summed E-state index contributed by atoms with van der Waals surface area (Å²) >= 11 is 0. The van der Waals surface area contributed by atoms with Crippen LogP contribution in [0.3, 0.4) is 0 Å². The lowest BCUT2D eigenvalue weighted by atomic mass is 9.92. The van der Waals surface area contributed by atoms with Gasteiger partial charge in [-0.05, 0) is 43.6 Å². The average Bonchev–Trinajstić information content (AvgIpc) is 2.99. The number of hydrogen-bond acceptors (Lipinski definition) is 2. The molecule has 0 bridgehead atoms. The normalized spacial score (nSPS) is 26.6. The summed E-state index contributed by atoms with van der Waals surface area (Å²) in [4.78, 5) is 2.69. The Labute approximate surface area is 107 Å². The second-order valence-corrected chi connectivity index (χ2v) is 7.00. The van der Waals surface area contributed by atoms with Crippen LogP contribution >= 0.6 is 0 Å². The second-order valence-electron chi connectivity index (χ2n) is 7.00. The van der Waals surface area contributed by atoms with Crippen molar-refractivity contribution in [2.24, 2.45) is 11.3 Å². The van der Waals surface area contributed by atoms with Crippen LogP contribution in [0.25, 0.3) is 0 Å².